The Morgan fingerprint density at radius 2 is 1.82 bits per heavy atom. The van der Waals surface area contributed by atoms with Gasteiger partial charge in [0.25, 0.3) is 5.91 Å². The fraction of sp³-hybridized carbons (Fsp3) is 0.333. The number of amides is 1. The monoisotopic (exact) mass is 382 g/mol. The number of anilines is 1. The van der Waals surface area contributed by atoms with E-state index in [4.69, 9.17) is 19.0 Å². The van der Waals surface area contributed by atoms with Gasteiger partial charge in [0.15, 0.2) is 18.1 Å². The van der Waals surface area contributed by atoms with Gasteiger partial charge in [0.2, 0.25) is 0 Å². The Morgan fingerprint density at radius 1 is 1.04 bits per heavy atom. The summed E-state index contributed by atoms with van der Waals surface area (Å²) in [4.78, 5) is 17.4. The van der Waals surface area contributed by atoms with Crippen molar-refractivity contribution in [1.82, 2.24) is 0 Å². The van der Waals surface area contributed by atoms with Crippen molar-refractivity contribution in [3.8, 4) is 17.2 Å². The SMILES string of the molecule is C/C(=N\OCC(=O)Nc1ccc2c(c1)OCCCO2)c1ccc2c(c1)CCO2. The van der Waals surface area contributed by atoms with Gasteiger partial charge in [-0.25, -0.2) is 0 Å². The van der Waals surface area contributed by atoms with Crippen LogP contribution in [0, 0.1) is 0 Å². The second-order valence-corrected chi connectivity index (χ2v) is 6.63. The maximum Gasteiger partial charge on any atom is 0.265 e. The van der Waals surface area contributed by atoms with Crippen molar-refractivity contribution < 1.29 is 23.8 Å². The molecule has 0 radical (unpaired) electrons. The summed E-state index contributed by atoms with van der Waals surface area (Å²) < 4.78 is 16.7. The Labute approximate surface area is 163 Å². The molecule has 2 aliphatic heterocycles. The number of fused-ring (bicyclic) bond motifs is 2. The van der Waals surface area contributed by atoms with Gasteiger partial charge in [-0.3, -0.25) is 4.79 Å². The highest BCUT2D eigenvalue weighted by Crippen LogP contribution is 2.32. The summed E-state index contributed by atoms with van der Waals surface area (Å²) in [6, 6.07) is 11.2. The largest absolute Gasteiger partial charge is 0.493 e. The lowest BCUT2D eigenvalue weighted by Gasteiger charge is -2.10. The summed E-state index contributed by atoms with van der Waals surface area (Å²) in [5.74, 6) is 1.94. The van der Waals surface area contributed by atoms with Crippen LogP contribution in [-0.4, -0.2) is 38.0 Å². The normalized spacial score (nSPS) is 15.2. The van der Waals surface area contributed by atoms with E-state index in [-0.39, 0.29) is 12.5 Å². The fourth-order valence-electron chi connectivity index (χ4n) is 3.09. The first kappa shape index (κ1) is 18.2. The molecule has 0 saturated heterocycles. The van der Waals surface area contributed by atoms with Crippen LogP contribution in [0.25, 0.3) is 0 Å². The van der Waals surface area contributed by atoms with E-state index in [1.54, 1.807) is 18.2 Å². The minimum absolute atomic E-state index is 0.181. The molecular formula is C21H22N2O5. The number of benzene rings is 2. The van der Waals surface area contributed by atoms with Crippen LogP contribution in [0.3, 0.4) is 0 Å². The van der Waals surface area contributed by atoms with Gasteiger partial charge < -0.3 is 24.4 Å². The second-order valence-electron chi connectivity index (χ2n) is 6.63. The number of rotatable bonds is 5. The smallest absolute Gasteiger partial charge is 0.265 e. The minimum atomic E-state index is -0.298. The maximum absolute atomic E-state index is 12.1. The first-order chi connectivity index (χ1) is 13.7. The molecule has 2 aromatic carbocycles. The van der Waals surface area contributed by atoms with Gasteiger partial charge in [0, 0.05) is 24.6 Å². The van der Waals surface area contributed by atoms with Gasteiger partial charge in [0.1, 0.15) is 5.75 Å². The Hall–Kier alpha value is -3.22. The number of hydrogen-bond donors (Lipinski definition) is 1. The van der Waals surface area contributed by atoms with E-state index in [1.807, 2.05) is 25.1 Å². The van der Waals surface area contributed by atoms with Gasteiger partial charge in [-0.1, -0.05) is 5.16 Å². The number of nitrogens with one attached hydrogen (secondary N) is 1. The van der Waals surface area contributed by atoms with Crippen molar-refractivity contribution in [2.75, 3.05) is 31.7 Å². The number of carbonyl (C=O) groups is 1. The molecule has 0 aromatic heterocycles. The molecule has 4 rings (SSSR count). The topological polar surface area (TPSA) is 78.4 Å². The molecule has 0 spiro atoms. The van der Waals surface area contributed by atoms with Crippen molar-refractivity contribution in [3.05, 3.63) is 47.5 Å². The van der Waals surface area contributed by atoms with Crippen LogP contribution < -0.4 is 19.5 Å². The summed E-state index contributed by atoms with van der Waals surface area (Å²) in [6.45, 7) is 3.60. The van der Waals surface area contributed by atoms with Crippen LogP contribution in [0.5, 0.6) is 17.2 Å². The molecule has 0 unspecified atom stereocenters. The van der Waals surface area contributed by atoms with Crippen LogP contribution in [0.4, 0.5) is 5.69 Å². The van der Waals surface area contributed by atoms with E-state index in [9.17, 15) is 4.79 Å². The number of carbonyl (C=O) groups excluding carboxylic acids is 1. The Morgan fingerprint density at radius 3 is 2.71 bits per heavy atom. The van der Waals surface area contributed by atoms with Crippen molar-refractivity contribution in [1.29, 1.82) is 0 Å². The van der Waals surface area contributed by atoms with E-state index in [2.05, 4.69) is 10.5 Å². The highest BCUT2D eigenvalue weighted by molar-refractivity contribution is 5.99. The van der Waals surface area contributed by atoms with Crippen molar-refractivity contribution >= 4 is 17.3 Å². The van der Waals surface area contributed by atoms with Crippen LogP contribution in [0.15, 0.2) is 41.6 Å². The van der Waals surface area contributed by atoms with Crippen molar-refractivity contribution in [2.45, 2.75) is 19.8 Å². The number of ether oxygens (including phenoxy) is 3. The van der Waals surface area contributed by atoms with E-state index < -0.39 is 0 Å². The zero-order valence-corrected chi connectivity index (χ0v) is 15.7. The molecule has 0 atom stereocenters. The Kier molecular flexibility index (Phi) is 5.32. The quantitative estimate of drug-likeness (QED) is 0.635. The first-order valence-electron chi connectivity index (χ1n) is 9.31. The molecule has 1 N–H and O–H groups in total. The number of hydrogen-bond acceptors (Lipinski definition) is 6. The Bertz CT molecular complexity index is 910. The molecule has 2 aliphatic rings. The molecule has 7 nitrogen and oxygen atoms in total. The first-order valence-corrected chi connectivity index (χ1v) is 9.31. The van der Waals surface area contributed by atoms with Crippen LogP contribution in [-0.2, 0) is 16.1 Å². The summed E-state index contributed by atoms with van der Waals surface area (Å²) in [7, 11) is 0. The van der Waals surface area contributed by atoms with Gasteiger partial charge in [0.05, 0.1) is 25.5 Å². The van der Waals surface area contributed by atoms with Crippen LogP contribution >= 0.6 is 0 Å². The average Bonchev–Trinajstić information content (AvgIpc) is 3.04. The third-order valence-corrected chi connectivity index (χ3v) is 4.54. The van der Waals surface area contributed by atoms with E-state index in [1.165, 1.54) is 5.56 Å². The lowest BCUT2D eigenvalue weighted by atomic mass is 10.1. The summed E-state index contributed by atoms with van der Waals surface area (Å²) >= 11 is 0. The van der Waals surface area contributed by atoms with Crippen LogP contribution in [0.1, 0.15) is 24.5 Å². The zero-order valence-electron chi connectivity index (χ0n) is 15.7. The third kappa shape index (κ3) is 4.19. The summed E-state index contributed by atoms with van der Waals surface area (Å²) in [6.07, 6.45) is 1.73. The molecule has 146 valence electrons. The summed E-state index contributed by atoms with van der Waals surface area (Å²) in [5.41, 5.74) is 3.45. The number of oxime groups is 1. The van der Waals surface area contributed by atoms with E-state index in [0.717, 1.165) is 24.2 Å². The molecule has 7 heteroatoms. The zero-order chi connectivity index (χ0) is 19.3. The Balaban J connectivity index is 1.32. The fourth-order valence-corrected chi connectivity index (χ4v) is 3.09. The molecular weight excluding hydrogens is 360 g/mol. The second kappa shape index (κ2) is 8.21. The molecule has 0 fully saturated rings. The van der Waals surface area contributed by atoms with Gasteiger partial charge >= 0.3 is 0 Å². The predicted octanol–water partition coefficient (Wildman–Crippen LogP) is 3.16. The third-order valence-electron chi connectivity index (χ3n) is 4.54. The van der Waals surface area contributed by atoms with Gasteiger partial charge in [-0.05, 0) is 48.4 Å². The summed E-state index contributed by atoms with van der Waals surface area (Å²) in [5, 5.41) is 6.83. The molecule has 2 aromatic rings. The van der Waals surface area contributed by atoms with Crippen molar-refractivity contribution in [3.63, 3.8) is 0 Å². The van der Waals surface area contributed by atoms with Gasteiger partial charge in [-0.15, -0.1) is 0 Å². The standard InChI is InChI=1S/C21H22N2O5/c1-14(15-3-5-18-16(11-15)7-10-27-18)23-28-13-21(24)22-17-4-6-19-20(12-17)26-9-2-8-25-19/h3-6,11-12H,2,7-10,13H2,1H3,(H,22,24)/b23-14+. The van der Waals surface area contributed by atoms with Crippen molar-refractivity contribution in [2.24, 2.45) is 5.16 Å². The minimum Gasteiger partial charge on any atom is -0.493 e. The van der Waals surface area contributed by atoms with Crippen LogP contribution in [0.2, 0.25) is 0 Å². The molecule has 0 saturated carbocycles. The molecule has 1 amide bonds. The van der Waals surface area contributed by atoms with Gasteiger partial charge in [-0.2, -0.15) is 0 Å². The average molecular weight is 382 g/mol. The molecule has 0 bridgehead atoms. The number of nitrogens with zero attached hydrogens (tertiary/aromatic N) is 1. The molecule has 28 heavy (non-hydrogen) atoms. The maximum atomic E-state index is 12.1. The molecule has 2 heterocycles. The highest BCUT2D eigenvalue weighted by Gasteiger charge is 2.14. The highest BCUT2D eigenvalue weighted by atomic mass is 16.6. The van der Waals surface area contributed by atoms with E-state index in [0.29, 0.717) is 42.7 Å². The lowest BCUT2D eigenvalue weighted by molar-refractivity contribution is -0.120. The predicted molar refractivity (Wildman–Crippen MR) is 104 cm³/mol. The lowest BCUT2D eigenvalue weighted by Crippen LogP contribution is -2.17. The molecule has 0 aliphatic carbocycles. The van der Waals surface area contributed by atoms with E-state index >= 15 is 0 Å².